The fraction of sp³-hybridized carbons (Fsp3) is 0.176. The van der Waals surface area contributed by atoms with Crippen LogP contribution in [-0.2, 0) is 6.54 Å². The normalized spacial score (nSPS) is 10.6. The second-order valence-corrected chi connectivity index (χ2v) is 4.87. The zero-order chi connectivity index (χ0) is 14.7. The third-order valence-corrected chi connectivity index (χ3v) is 3.36. The van der Waals surface area contributed by atoms with E-state index < -0.39 is 0 Å². The van der Waals surface area contributed by atoms with Crippen molar-refractivity contribution in [3.05, 3.63) is 60.0 Å². The van der Waals surface area contributed by atoms with Gasteiger partial charge in [0.1, 0.15) is 11.6 Å². The van der Waals surface area contributed by atoms with Gasteiger partial charge in [0.05, 0.1) is 19.3 Å². The lowest BCUT2D eigenvalue weighted by atomic mass is 10.1. The first kappa shape index (κ1) is 13.4. The van der Waals surface area contributed by atoms with Crippen LogP contribution in [0.25, 0.3) is 10.8 Å². The summed E-state index contributed by atoms with van der Waals surface area (Å²) in [4.78, 5) is 8.91. The molecule has 0 aliphatic rings. The highest BCUT2D eigenvalue weighted by molar-refractivity contribution is 5.92. The Morgan fingerprint density at radius 2 is 2.05 bits per heavy atom. The third-order valence-electron chi connectivity index (χ3n) is 3.36. The molecule has 2 heterocycles. The van der Waals surface area contributed by atoms with Crippen molar-refractivity contribution < 1.29 is 4.74 Å². The number of methoxy groups -OCH3 is 1. The molecule has 4 nitrogen and oxygen atoms in total. The lowest BCUT2D eigenvalue weighted by Gasteiger charge is -2.10. The van der Waals surface area contributed by atoms with Crippen LogP contribution in [0.3, 0.4) is 0 Å². The van der Waals surface area contributed by atoms with Crippen LogP contribution in [0.1, 0.15) is 11.4 Å². The smallest absolute Gasteiger partial charge is 0.134 e. The van der Waals surface area contributed by atoms with Gasteiger partial charge in [-0.15, -0.1) is 0 Å². The summed E-state index contributed by atoms with van der Waals surface area (Å²) in [7, 11) is 1.67. The van der Waals surface area contributed by atoms with Gasteiger partial charge in [0, 0.05) is 17.3 Å². The summed E-state index contributed by atoms with van der Waals surface area (Å²) < 4.78 is 5.29. The van der Waals surface area contributed by atoms with Crippen molar-refractivity contribution in [3.63, 3.8) is 0 Å². The molecule has 4 heteroatoms. The van der Waals surface area contributed by atoms with Gasteiger partial charge in [-0.1, -0.05) is 12.1 Å². The average molecular weight is 279 g/mol. The molecule has 0 fully saturated rings. The molecule has 1 N–H and O–H groups in total. The molecule has 21 heavy (non-hydrogen) atoms. The molecule has 1 aromatic carbocycles. The molecule has 0 aliphatic carbocycles. The minimum absolute atomic E-state index is 0.644. The number of benzene rings is 1. The van der Waals surface area contributed by atoms with Crippen LogP contribution < -0.4 is 10.1 Å². The Morgan fingerprint density at radius 3 is 2.86 bits per heavy atom. The maximum atomic E-state index is 5.29. The maximum Gasteiger partial charge on any atom is 0.134 e. The Kier molecular flexibility index (Phi) is 3.69. The number of fused-ring (bicyclic) bond motifs is 1. The molecule has 0 saturated carbocycles. The van der Waals surface area contributed by atoms with E-state index in [1.807, 2.05) is 49.4 Å². The predicted molar refractivity (Wildman–Crippen MR) is 84.6 cm³/mol. The molecule has 0 bridgehead atoms. The molecule has 0 radical (unpaired) electrons. The maximum absolute atomic E-state index is 5.29. The van der Waals surface area contributed by atoms with Crippen LogP contribution in [0.2, 0.25) is 0 Å². The van der Waals surface area contributed by atoms with Crippen LogP contribution in [0, 0.1) is 6.92 Å². The van der Waals surface area contributed by atoms with Gasteiger partial charge < -0.3 is 10.1 Å². The summed E-state index contributed by atoms with van der Waals surface area (Å²) in [6, 6.07) is 14.0. The number of nitrogens with one attached hydrogen (secondary N) is 1. The second-order valence-electron chi connectivity index (χ2n) is 4.87. The summed E-state index contributed by atoms with van der Waals surface area (Å²) in [6.07, 6.45) is 1.81. The molecule has 0 amide bonds. The second kappa shape index (κ2) is 5.79. The van der Waals surface area contributed by atoms with Gasteiger partial charge in [-0.25, -0.2) is 4.98 Å². The van der Waals surface area contributed by atoms with Crippen LogP contribution in [0.15, 0.2) is 48.7 Å². The molecule has 3 aromatic rings. The van der Waals surface area contributed by atoms with E-state index in [0.717, 1.165) is 33.7 Å². The highest BCUT2D eigenvalue weighted by Gasteiger charge is 2.04. The van der Waals surface area contributed by atoms with Crippen molar-refractivity contribution in [2.45, 2.75) is 13.5 Å². The zero-order valence-corrected chi connectivity index (χ0v) is 12.1. The molecule has 0 spiro atoms. The van der Waals surface area contributed by atoms with E-state index in [0.29, 0.717) is 6.54 Å². The first-order chi connectivity index (χ1) is 10.3. The Bertz CT molecular complexity index is 771. The van der Waals surface area contributed by atoms with Crippen LogP contribution in [0.5, 0.6) is 5.75 Å². The fourth-order valence-electron chi connectivity index (χ4n) is 2.29. The quantitative estimate of drug-likeness (QED) is 0.793. The summed E-state index contributed by atoms with van der Waals surface area (Å²) in [5, 5.41) is 5.53. The minimum atomic E-state index is 0.644. The van der Waals surface area contributed by atoms with Crippen LogP contribution >= 0.6 is 0 Å². The first-order valence-corrected chi connectivity index (χ1v) is 6.85. The average Bonchev–Trinajstić information content (AvgIpc) is 2.52. The van der Waals surface area contributed by atoms with Gasteiger partial charge >= 0.3 is 0 Å². The Balaban J connectivity index is 1.89. The lowest BCUT2D eigenvalue weighted by molar-refractivity contribution is 0.415. The topological polar surface area (TPSA) is 47.0 Å². The molecule has 0 saturated heterocycles. The number of ether oxygens (including phenoxy) is 1. The Hall–Kier alpha value is -2.62. The number of hydrogen-bond donors (Lipinski definition) is 1. The number of aromatic nitrogens is 2. The van der Waals surface area contributed by atoms with Crippen LogP contribution in [-0.4, -0.2) is 17.1 Å². The molecular weight excluding hydrogens is 262 g/mol. The lowest BCUT2D eigenvalue weighted by Crippen LogP contribution is -2.04. The Labute approximate surface area is 123 Å². The largest absolute Gasteiger partial charge is 0.497 e. The monoisotopic (exact) mass is 279 g/mol. The molecule has 106 valence electrons. The highest BCUT2D eigenvalue weighted by Crippen LogP contribution is 2.25. The number of anilines is 1. The number of rotatable bonds is 4. The van der Waals surface area contributed by atoms with Gasteiger partial charge in [-0.2, -0.15) is 0 Å². The molecule has 0 aliphatic heterocycles. The van der Waals surface area contributed by atoms with Gasteiger partial charge in [-0.3, -0.25) is 4.98 Å². The van der Waals surface area contributed by atoms with Gasteiger partial charge in [0.2, 0.25) is 0 Å². The predicted octanol–water partition coefficient (Wildman–Crippen LogP) is 3.56. The van der Waals surface area contributed by atoms with E-state index in [2.05, 4.69) is 15.3 Å². The number of hydrogen-bond acceptors (Lipinski definition) is 4. The molecule has 0 unspecified atom stereocenters. The molecule has 0 atom stereocenters. The number of nitrogens with zero attached hydrogens (tertiary/aromatic N) is 2. The summed E-state index contributed by atoms with van der Waals surface area (Å²) in [6.45, 7) is 2.63. The van der Waals surface area contributed by atoms with Gasteiger partial charge in [0.25, 0.3) is 0 Å². The van der Waals surface area contributed by atoms with E-state index >= 15 is 0 Å². The molecular formula is C17H17N3O. The molecule has 3 rings (SSSR count). The molecule has 2 aromatic heterocycles. The third kappa shape index (κ3) is 2.94. The SMILES string of the molecule is COc1ccc2ccnc(NCc3cccc(C)n3)c2c1. The highest BCUT2D eigenvalue weighted by atomic mass is 16.5. The van der Waals surface area contributed by atoms with Crippen LogP contribution in [0.4, 0.5) is 5.82 Å². The van der Waals surface area contributed by atoms with E-state index in [1.54, 1.807) is 13.3 Å². The number of aryl methyl sites for hydroxylation is 1. The van der Waals surface area contributed by atoms with Gasteiger partial charge in [-0.05, 0) is 42.6 Å². The fourth-order valence-corrected chi connectivity index (χ4v) is 2.29. The first-order valence-electron chi connectivity index (χ1n) is 6.85. The van der Waals surface area contributed by atoms with Crippen molar-refractivity contribution in [1.82, 2.24) is 9.97 Å². The van der Waals surface area contributed by atoms with Gasteiger partial charge in [0.15, 0.2) is 0 Å². The minimum Gasteiger partial charge on any atom is -0.497 e. The van der Waals surface area contributed by atoms with Crippen molar-refractivity contribution in [1.29, 1.82) is 0 Å². The standard InChI is InChI=1S/C17H17N3O/c1-12-4-3-5-14(20-12)11-19-17-16-10-15(21-2)7-6-13(16)8-9-18-17/h3-10H,11H2,1-2H3,(H,18,19). The van der Waals surface area contributed by atoms with E-state index in [1.165, 1.54) is 0 Å². The number of pyridine rings is 2. The van der Waals surface area contributed by atoms with Crippen molar-refractivity contribution >= 4 is 16.6 Å². The van der Waals surface area contributed by atoms with Crippen molar-refractivity contribution in [2.24, 2.45) is 0 Å². The van der Waals surface area contributed by atoms with Crippen molar-refractivity contribution in [2.75, 3.05) is 12.4 Å². The zero-order valence-electron chi connectivity index (χ0n) is 12.1. The van der Waals surface area contributed by atoms with E-state index in [-0.39, 0.29) is 0 Å². The van der Waals surface area contributed by atoms with E-state index in [9.17, 15) is 0 Å². The summed E-state index contributed by atoms with van der Waals surface area (Å²) >= 11 is 0. The van der Waals surface area contributed by atoms with E-state index in [4.69, 9.17) is 4.74 Å². The summed E-state index contributed by atoms with van der Waals surface area (Å²) in [5.41, 5.74) is 2.01. The van der Waals surface area contributed by atoms with Crippen molar-refractivity contribution in [3.8, 4) is 5.75 Å². The summed E-state index contributed by atoms with van der Waals surface area (Å²) in [5.74, 6) is 1.67. The Morgan fingerprint density at radius 1 is 1.14 bits per heavy atom.